The summed E-state index contributed by atoms with van der Waals surface area (Å²) in [4.78, 5) is 1.28. The molecule has 2 aromatic rings. The average molecular weight is 263 g/mol. The molecular formula is C13H11ClN2S. The molecule has 0 saturated carbocycles. The summed E-state index contributed by atoms with van der Waals surface area (Å²) in [6.45, 7) is 2.82. The van der Waals surface area contributed by atoms with Gasteiger partial charge in [0.15, 0.2) is 0 Å². The van der Waals surface area contributed by atoms with E-state index in [4.69, 9.17) is 16.9 Å². The Morgan fingerprint density at radius 1 is 1.41 bits per heavy atom. The largest absolute Gasteiger partial charge is 0.379 e. The van der Waals surface area contributed by atoms with Crippen LogP contribution in [0.2, 0.25) is 5.02 Å². The molecule has 4 heteroatoms. The normalized spacial score (nSPS) is 9.94. The first-order valence-electron chi connectivity index (χ1n) is 5.17. The molecule has 1 aromatic heterocycles. The van der Waals surface area contributed by atoms with E-state index in [1.165, 1.54) is 10.4 Å². The summed E-state index contributed by atoms with van der Waals surface area (Å²) in [6, 6.07) is 9.52. The van der Waals surface area contributed by atoms with Crippen LogP contribution in [-0.4, -0.2) is 0 Å². The topological polar surface area (TPSA) is 35.8 Å². The van der Waals surface area contributed by atoms with Crippen LogP contribution in [-0.2, 0) is 6.54 Å². The summed E-state index contributed by atoms with van der Waals surface area (Å²) >= 11 is 7.56. The molecule has 1 heterocycles. The van der Waals surface area contributed by atoms with E-state index in [1.54, 1.807) is 23.5 Å². The zero-order chi connectivity index (χ0) is 12.3. The molecule has 1 N–H and O–H groups in total. The number of hydrogen-bond donors (Lipinski definition) is 1. The Balaban J connectivity index is 2.15. The van der Waals surface area contributed by atoms with E-state index in [9.17, 15) is 0 Å². The number of rotatable bonds is 3. The fourth-order valence-electron chi connectivity index (χ4n) is 1.52. The summed E-state index contributed by atoms with van der Waals surface area (Å²) in [5.74, 6) is 0. The van der Waals surface area contributed by atoms with E-state index in [-0.39, 0.29) is 0 Å². The molecule has 0 spiro atoms. The fourth-order valence-corrected chi connectivity index (χ4v) is 2.54. The van der Waals surface area contributed by atoms with Crippen molar-refractivity contribution in [3.63, 3.8) is 0 Å². The van der Waals surface area contributed by atoms with E-state index in [1.807, 2.05) is 6.07 Å². The fraction of sp³-hybridized carbons (Fsp3) is 0.154. The average Bonchev–Trinajstić information content (AvgIpc) is 2.73. The summed E-state index contributed by atoms with van der Waals surface area (Å²) in [5.41, 5.74) is 2.67. The Hall–Kier alpha value is -1.50. The smallest absolute Gasteiger partial charge is 0.101 e. The summed E-state index contributed by atoms with van der Waals surface area (Å²) in [7, 11) is 0. The van der Waals surface area contributed by atoms with Crippen molar-refractivity contribution >= 4 is 28.6 Å². The predicted molar refractivity (Wildman–Crippen MR) is 72.5 cm³/mol. The van der Waals surface area contributed by atoms with Gasteiger partial charge in [-0.25, -0.2) is 0 Å². The van der Waals surface area contributed by atoms with Crippen LogP contribution in [0.5, 0.6) is 0 Å². The number of nitrogens with zero attached hydrogens (tertiary/aromatic N) is 1. The van der Waals surface area contributed by atoms with Gasteiger partial charge in [0, 0.05) is 16.4 Å². The lowest BCUT2D eigenvalue weighted by molar-refractivity contribution is 1.16. The maximum atomic E-state index is 9.01. The molecule has 0 aliphatic heterocycles. The zero-order valence-electron chi connectivity index (χ0n) is 9.33. The third-order valence-corrected chi connectivity index (χ3v) is 3.77. The van der Waals surface area contributed by atoms with Crippen LogP contribution in [0.15, 0.2) is 29.6 Å². The van der Waals surface area contributed by atoms with Gasteiger partial charge in [-0.15, -0.1) is 11.3 Å². The second-order valence-electron chi connectivity index (χ2n) is 3.68. The van der Waals surface area contributed by atoms with Crippen molar-refractivity contribution in [2.45, 2.75) is 13.5 Å². The molecule has 0 saturated heterocycles. The summed E-state index contributed by atoms with van der Waals surface area (Å²) in [6.07, 6.45) is 0. The van der Waals surface area contributed by atoms with Gasteiger partial charge in [-0.1, -0.05) is 11.6 Å². The van der Waals surface area contributed by atoms with Gasteiger partial charge in [-0.2, -0.15) is 5.26 Å². The van der Waals surface area contributed by atoms with Crippen molar-refractivity contribution in [3.8, 4) is 6.07 Å². The third kappa shape index (κ3) is 2.79. The highest BCUT2D eigenvalue weighted by Crippen LogP contribution is 2.22. The number of halogens is 1. The van der Waals surface area contributed by atoms with Crippen molar-refractivity contribution in [2.24, 2.45) is 0 Å². The molecule has 2 rings (SSSR count). The molecule has 0 radical (unpaired) electrons. The first kappa shape index (κ1) is 12.0. The second kappa shape index (κ2) is 5.22. The quantitative estimate of drug-likeness (QED) is 0.900. The van der Waals surface area contributed by atoms with Gasteiger partial charge >= 0.3 is 0 Å². The Morgan fingerprint density at radius 3 is 2.88 bits per heavy atom. The minimum Gasteiger partial charge on any atom is -0.379 e. The maximum Gasteiger partial charge on any atom is 0.101 e. The first-order valence-corrected chi connectivity index (χ1v) is 6.43. The second-order valence-corrected chi connectivity index (χ2v) is 5.12. The molecule has 2 nitrogen and oxygen atoms in total. The minimum atomic E-state index is 0.576. The van der Waals surface area contributed by atoms with Crippen molar-refractivity contribution in [3.05, 3.63) is 50.7 Å². The molecule has 0 fully saturated rings. The van der Waals surface area contributed by atoms with Crippen LogP contribution in [0.4, 0.5) is 5.69 Å². The van der Waals surface area contributed by atoms with E-state index in [2.05, 4.69) is 29.8 Å². The van der Waals surface area contributed by atoms with Gasteiger partial charge in [0.25, 0.3) is 0 Å². The number of nitriles is 1. The number of anilines is 1. The van der Waals surface area contributed by atoms with Crippen LogP contribution in [0.1, 0.15) is 16.0 Å². The zero-order valence-corrected chi connectivity index (χ0v) is 10.9. The standard InChI is InChI=1S/C13H11ClN2S/c1-9-4-5-17-13(9)8-16-12-3-2-11(14)6-10(12)7-15/h2-6,16H,8H2,1H3. The molecule has 0 atom stereocenters. The summed E-state index contributed by atoms with van der Waals surface area (Å²) in [5, 5.41) is 14.9. The van der Waals surface area contributed by atoms with E-state index in [0.717, 1.165) is 12.2 Å². The lowest BCUT2D eigenvalue weighted by Gasteiger charge is -2.07. The van der Waals surface area contributed by atoms with Gasteiger partial charge in [0.2, 0.25) is 0 Å². The van der Waals surface area contributed by atoms with E-state index >= 15 is 0 Å². The van der Waals surface area contributed by atoms with Gasteiger partial charge in [0.1, 0.15) is 6.07 Å². The first-order chi connectivity index (χ1) is 8.20. The maximum absolute atomic E-state index is 9.01. The van der Waals surface area contributed by atoms with E-state index in [0.29, 0.717) is 10.6 Å². The van der Waals surface area contributed by atoms with Crippen LogP contribution in [0, 0.1) is 18.3 Å². The van der Waals surface area contributed by atoms with Gasteiger partial charge in [-0.05, 0) is 42.1 Å². The molecule has 0 bridgehead atoms. The van der Waals surface area contributed by atoms with Gasteiger partial charge < -0.3 is 5.32 Å². The lowest BCUT2D eigenvalue weighted by Crippen LogP contribution is -2.00. The Kier molecular flexibility index (Phi) is 3.68. The van der Waals surface area contributed by atoms with Crippen LogP contribution in [0.25, 0.3) is 0 Å². The van der Waals surface area contributed by atoms with E-state index < -0.39 is 0 Å². The SMILES string of the molecule is Cc1ccsc1CNc1ccc(Cl)cc1C#N. The predicted octanol–water partition coefficient (Wildman–Crippen LogP) is 4.19. The molecule has 0 aliphatic rings. The molecule has 0 amide bonds. The molecule has 17 heavy (non-hydrogen) atoms. The minimum absolute atomic E-state index is 0.576. The van der Waals surface area contributed by atoms with Crippen LogP contribution >= 0.6 is 22.9 Å². The number of nitrogens with one attached hydrogen (secondary N) is 1. The number of benzene rings is 1. The lowest BCUT2D eigenvalue weighted by atomic mass is 10.2. The van der Waals surface area contributed by atoms with Gasteiger partial charge in [0.05, 0.1) is 11.3 Å². The molecule has 0 unspecified atom stereocenters. The number of thiophene rings is 1. The monoisotopic (exact) mass is 262 g/mol. The summed E-state index contributed by atoms with van der Waals surface area (Å²) < 4.78 is 0. The van der Waals surface area contributed by atoms with Gasteiger partial charge in [-0.3, -0.25) is 0 Å². The number of aryl methyl sites for hydroxylation is 1. The van der Waals surface area contributed by atoms with Crippen molar-refractivity contribution < 1.29 is 0 Å². The highest BCUT2D eigenvalue weighted by Gasteiger charge is 2.04. The van der Waals surface area contributed by atoms with Crippen molar-refractivity contribution in [2.75, 3.05) is 5.32 Å². The Labute approximate surface area is 109 Å². The third-order valence-electron chi connectivity index (χ3n) is 2.51. The van der Waals surface area contributed by atoms with Crippen molar-refractivity contribution in [1.82, 2.24) is 0 Å². The Morgan fingerprint density at radius 2 is 2.24 bits per heavy atom. The molecule has 1 aromatic carbocycles. The molecule has 86 valence electrons. The van der Waals surface area contributed by atoms with Crippen LogP contribution < -0.4 is 5.32 Å². The Bertz CT molecular complexity index is 569. The van der Waals surface area contributed by atoms with Crippen molar-refractivity contribution in [1.29, 1.82) is 5.26 Å². The highest BCUT2D eigenvalue weighted by molar-refractivity contribution is 7.10. The van der Waals surface area contributed by atoms with Crippen LogP contribution in [0.3, 0.4) is 0 Å². The molecular weight excluding hydrogens is 252 g/mol. The number of hydrogen-bond acceptors (Lipinski definition) is 3. The molecule has 0 aliphatic carbocycles. The highest BCUT2D eigenvalue weighted by atomic mass is 35.5.